The lowest BCUT2D eigenvalue weighted by atomic mass is 9.94. The highest BCUT2D eigenvalue weighted by Crippen LogP contribution is 2.40. The molecule has 1 aromatic heterocycles. The summed E-state index contributed by atoms with van der Waals surface area (Å²) < 4.78 is 0. The molecule has 1 N–H and O–H groups in total. The van der Waals surface area contributed by atoms with Crippen LogP contribution >= 0.6 is 11.8 Å². The van der Waals surface area contributed by atoms with Crippen LogP contribution in [0.2, 0.25) is 0 Å². The minimum atomic E-state index is -0.00156. The van der Waals surface area contributed by atoms with Crippen molar-refractivity contribution in [2.75, 3.05) is 12.3 Å². The third-order valence-corrected chi connectivity index (χ3v) is 5.62. The van der Waals surface area contributed by atoms with Crippen LogP contribution in [0.4, 0.5) is 0 Å². The number of nitrogens with one attached hydrogen (secondary N) is 1. The summed E-state index contributed by atoms with van der Waals surface area (Å²) in [5, 5.41) is 14.0. The maximum absolute atomic E-state index is 13.2. The number of hydrogen-bond donors (Lipinski definition) is 1. The normalized spacial score (nSPS) is 20.1. The van der Waals surface area contributed by atoms with Gasteiger partial charge in [-0.05, 0) is 36.6 Å². The molecule has 1 saturated carbocycles. The molecule has 2 aromatic rings. The fraction of sp³-hybridized carbons (Fsp3) is 0.500. The van der Waals surface area contributed by atoms with Crippen molar-refractivity contribution in [3.63, 3.8) is 0 Å². The molecule has 1 aliphatic heterocycles. The summed E-state index contributed by atoms with van der Waals surface area (Å²) in [6.07, 6.45) is 3.80. The molecule has 0 spiro atoms. The Kier molecular flexibility index (Phi) is 4.03. The van der Waals surface area contributed by atoms with E-state index in [-0.39, 0.29) is 11.8 Å². The summed E-state index contributed by atoms with van der Waals surface area (Å²) in [7, 11) is 0. The molecule has 2 heterocycles. The van der Waals surface area contributed by atoms with Gasteiger partial charge in [0.05, 0.1) is 5.92 Å². The van der Waals surface area contributed by atoms with Crippen LogP contribution in [0.25, 0.3) is 0 Å². The Balaban J connectivity index is 1.52. The molecule has 0 bridgehead atoms. The SMILES string of the molecule is O=C(C1CCSc2ccccc21)N(CCc1nn[nH]n1)C1CC1. The predicted octanol–water partition coefficient (Wildman–Crippen LogP) is 2.01. The van der Waals surface area contributed by atoms with Crippen molar-refractivity contribution in [2.24, 2.45) is 0 Å². The fourth-order valence-electron chi connectivity index (χ4n) is 3.17. The summed E-state index contributed by atoms with van der Waals surface area (Å²) in [6, 6.07) is 8.71. The number of carbonyl (C=O) groups is 1. The van der Waals surface area contributed by atoms with Crippen molar-refractivity contribution >= 4 is 17.7 Å². The minimum Gasteiger partial charge on any atom is -0.339 e. The van der Waals surface area contributed by atoms with Crippen LogP contribution in [-0.2, 0) is 11.2 Å². The second kappa shape index (κ2) is 6.31. The van der Waals surface area contributed by atoms with Gasteiger partial charge in [0, 0.05) is 23.9 Å². The highest BCUT2D eigenvalue weighted by molar-refractivity contribution is 7.99. The van der Waals surface area contributed by atoms with Crippen molar-refractivity contribution in [1.82, 2.24) is 25.5 Å². The smallest absolute Gasteiger partial charge is 0.230 e. The van der Waals surface area contributed by atoms with Crippen LogP contribution in [0.5, 0.6) is 0 Å². The van der Waals surface area contributed by atoms with E-state index in [4.69, 9.17) is 0 Å². The van der Waals surface area contributed by atoms with E-state index in [1.165, 1.54) is 10.5 Å². The number of rotatable bonds is 5. The molecule has 7 heteroatoms. The van der Waals surface area contributed by atoms with Crippen molar-refractivity contribution in [3.8, 4) is 0 Å². The summed E-state index contributed by atoms with van der Waals surface area (Å²) in [4.78, 5) is 16.5. The number of fused-ring (bicyclic) bond motifs is 1. The highest BCUT2D eigenvalue weighted by atomic mass is 32.2. The molecule has 0 saturated heterocycles. The summed E-state index contributed by atoms with van der Waals surface area (Å²) in [5.41, 5.74) is 1.19. The second-order valence-electron chi connectivity index (χ2n) is 6.07. The third-order valence-electron chi connectivity index (χ3n) is 4.49. The Labute approximate surface area is 139 Å². The van der Waals surface area contributed by atoms with Gasteiger partial charge in [0.25, 0.3) is 0 Å². The van der Waals surface area contributed by atoms with Gasteiger partial charge >= 0.3 is 0 Å². The number of aromatic nitrogens is 4. The van der Waals surface area contributed by atoms with Crippen LogP contribution in [0.3, 0.4) is 0 Å². The minimum absolute atomic E-state index is 0.00156. The number of amides is 1. The number of benzene rings is 1. The van der Waals surface area contributed by atoms with Crippen molar-refractivity contribution in [3.05, 3.63) is 35.7 Å². The Bertz CT molecular complexity index is 686. The van der Waals surface area contributed by atoms with Crippen molar-refractivity contribution in [2.45, 2.75) is 42.5 Å². The first-order valence-electron chi connectivity index (χ1n) is 8.07. The standard InChI is InChI=1S/C16H19N5OS/c22-16(13-8-10-23-14-4-2-1-3-12(13)14)21(11-5-6-11)9-7-15-17-19-20-18-15/h1-4,11,13H,5-10H2,(H,17,18,19,20). The maximum Gasteiger partial charge on any atom is 0.230 e. The molecular weight excluding hydrogens is 310 g/mol. The Morgan fingerprint density at radius 3 is 2.96 bits per heavy atom. The van der Waals surface area contributed by atoms with Crippen LogP contribution < -0.4 is 0 Å². The van der Waals surface area contributed by atoms with Gasteiger partial charge in [-0.1, -0.05) is 23.4 Å². The number of hydrogen-bond acceptors (Lipinski definition) is 5. The van der Waals surface area contributed by atoms with E-state index in [2.05, 4.69) is 32.8 Å². The molecule has 1 aromatic carbocycles. The molecule has 2 aliphatic rings. The van der Waals surface area contributed by atoms with Gasteiger partial charge in [0.15, 0.2) is 5.82 Å². The van der Waals surface area contributed by atoms with Crippen LogP contribution in [0.1, 0.15) is 36.6 Å². The Morgan fingerprint density at radius 2 is 2.17 bits per heavy atom. The summed E-state index contributed by atoms with van der Waals surface area (Å²) in [5.74, 6) is 1.95. The van der Waals surface area contributed by atoms with E-state index in [1.54, 1.807) is 0 Å². The van der Waals surface area contributed by atoms with Gasteiger partial charge in [0.1, 0.15) is 0 Å². The first kappa shape index (κ1) is 14.7. The van der Waals surface area contributed by atoms with Crippen LogP contribution in [0, 0.1) is 0 Å². The molecule has 1 aliphatic carbocycles. The number of nitrogens with zero attached hydrogens (tertiary/aromatic N) is 4. The maximum atomic E-state index is 13.2. The zero-order valence-corrected chi connectivity index (χ0v) is 13.6. The van der Waals surface area contributed by atoms with Gasteiger partial charge in [-0.2, -0.15) is 5.21 Å². The first-order chi connectivity index (χ1) is 11.3. The number of carbonyl (C=O) groups excluding carboxylic acids is 1. The van der Waals surface area contributed by atoms with E-state index in [1.807, 2.05) is 28.8 Å². The molecule has 120 valence electrons. The average molecular weight is 329 g/mol. The summed E-state index contributed by atoms with van der Waals surface area (Å²) >= 11 is 1.85. The van der Waals surface area contributed by atoms with E-state index >= 15 is 0 Å². The fourth-order valence-corrected chi connectivity index (χ4v) is 4.29. The van der Waals surface area contributed by atoms with Gasteiger partial charge in [-0.15, -0.1) is 22.0 Å². The van der Waals surface area contributed by atoms with Gasteiger partial charge in [-0.3, -0.25) is 4.79 Å². The average Bonchev–Trinajstić information content (AvgIpc) is 3.29. The zero-order valence-electron chi connectivity index (χ0n) is 12.8. The predicted molar refractivity (Wildman–Crippen MR) is 87.1 cm³/mol. The van der Waals surface area contributed by atoms with E-state index in [0.29, 0.717) is 24.8 Å². The Morgan fingerprint density at radius 1 is 1.30 bits per heavy atom. The molecule has 4 rings (SSSR count). The highest BCUT2D eigenvalue weighted by Gasteiger charge is 2.37. The number of thioether (sulfide) groups is 1. The number of aromatic amines is 1. The Hall–Kier alpha value is -1.89. The lowest BCUT2D eigenvalue weighted by Gasteiger charge is -2.30. The number of H-pyrrole nitrogens is 1. The van der Waals surface area contributed by atoms with E-state index < -0.39 is 0 Å². The van der Waals surface area contributed by atoms with Crippen LogP contribution in [-0.4, -0.2) is 49.8 Å². The monoisotopic (exact) mass is 329 g/mol. The lowest BCUT2D eigenvalue weighted by molar-refractivity contribution is -0.133. The molecule has 1 unspecified atom stereocenters. The van der Waals surface area contributed by atoms with Crippen molar-refractivity contribution in [1.29, 1.82) is 0 Å². The molecule has 6 nitrogen and oxygen atoms in total. The van der Waals surface area contributed by atoms with Crippen molar-refractivity contribution < 1.29 is 4.79 Å². The second-order valence-corrected chi connectivity index (χ2v) is 7.21. The van der Waals surface area contributed by atoms with E-state index in [9.17, 15) is 4.79 Å². The first-order valence-corrected chi connectivity index (χ1v) is 9.06. The molecule has 1 fully saturated rings. The third kappa shape index (κ3) is 3.10. The summed E-state index contributed by atoms with van der Waals surface area (Å²) in [6.45, 7) is 0.675. The number of tetrazole rings is 1. The van der Waals surface area contributed by atoms with E-state index in [0.717, 1.165) is 25.0 Å². The van der Waals surface area contributed by atoms with Crippen LogP contribution in [0.15, 0.2) is 29.2 Å². The lowest BCUT2D eigenvalue weighted by Crippen LogP contribution is -2.39. The van der Waals surface area contributed by atoms with Gasteiger partial charge in [-0.25, -0.2) is 0 Å². The molecule has 1 amide bonds. The molecule has 23 heavy (non-hydrogen) atoms. The molecule has 1 atom stereocenters. The quantitative estimate of drug-likeness (QED) is 0.908. The molecular formula is C16H19N5OS. The molecule has 0 radical (unpaired) electrons. The topological polar surface area (TPSA) is 74.8 Å². The van der Waals surface area contributed by atoms with Gasteiger partial charge < -0.3 is 4.90 Å². The van der Waals surface area contributed by atoms with Gasteiger partial charge in [0.2, 0.25) is 5.91 Å². The zero-order chi connectivity index (χ0) is 15.6. The largest absolute Gasteiger partial charge is 0.339 e.